The number of carbonyl (C=O) groups is 1. The Morgan fingerprint density at radius 2 is 1.88 bits per heavy atom. The van der Waals surface area contributed by atoms with E-state index in [0.717, 1.165) is 17.7 Å². The van der Waals surface area contributed by atoms with E-state index < -0.39 is 5.97 Å². The Morgan fingerprint density at radius 1 is 1.19 bits per heavy atom. The molecule has 1 atom stereocenters. The van der Waals surface area contributed by atoms with E-state index in [0.29, 0.717) is 21.4 Å². The van der Waals surface area contributed by atoms with Crippen molar-refractivity contribution in [1.82, 2.24) is 5.32 Å². The number of nitrogens with one attached hydrogen (secondary N) is 2. The zero-order chi connectivity index (χ0) is 19.1. The lowest BCUT2D eigenvalue weighted by Gasteiger charge is -2.21. The number of thiocarbonyl (C=S) groups is 1. The van der Waals surface area contributed by atoms with Crippen LogP contribution in [0.25, 0.3) is 0 Å². The molecule has 0 spiro atoms. The fraction of sp³-hybridized carbons (Fsp3) is 0.263. The number of anilines is 1. The molecule has 0 aliphatic heterocycles. The van der Waals surface area contributed by atoms with Crippen molar-refractivity contribution < 1.29 is 14.3 Å². The molecule has 1 unspecified atom stereocenters. The quantitative estimate of drug-likeness (QED) is 0.554. The van der Waals surface area contributed by atoms with Gasteiger partial charge in [-0.25, -0.2) is 4.79 Å². The molecule has 2 aromatic carbocycles. The summed E-state index contributed by atoms with van der Waals surface area (Å²) in [6.07, 6.45) is 0.837. The Balaban J connectivity index is 2.10. The molecular formula is C19H21ClN2O3S. The van der Waals surface area contributed by atoms with Gasteiger partial charge in [-0.1, -0.05) is 30.7 Å². The third-order valence-corrected chi connectivity index (χ3v) is 4.42. The fourth-order valence-corrected chi connectivity index (χ4v) is 2.86. The van der Waals surface area contributed by atoms with Crippen LogP contribution in [0.3, 0.4) is 0 Å². The summed E-state index contributed by atoms with van der Waals surface area (Å²) in [4.78, 5) is 11.7. The molecule has 0 aromatic heterocycles. The summed E-state index contributed by atoms with van der Waals surface area (Å²) in [5.41, 5.74) is 2.02. The van der Waals surface area contributed by atoms with Crippen molar-refractivity contribution in [2.75, 3.05) is 19.5 Å². The van der Waals surface area contributed by atoms with Crippen LogP contribution in [-0.4, -0.2) is 25.3 Å². The first-order valence-electron chi connectivity index (χ1n) is 8.07. The first-order valence-corrected chi connectivity index (χ1v) is 8.86. The van der Waals surface area contributed by atoms with Crippen LogP contribution in [-0.2, 0) is 4.74 Å². The predicted molar refractivity (Wildman–Crippen MR) is 108 cm³/mol. The Hall–Kier alpha value is -2.31. The number of methoxy groups -OCH3 is 2. The maximum atomic E-state index is 11.7. The normalized spacial score (nSPS) is 11.4. The number of carbonyl (C=O) groups excluding carboxylic acids is 1. The Bertz CT molecular complexity index is 781. The molecule has 0 fully saturated rings. The van der Waals surface area contributed by atoms with Crippen molar-refractivity contribution in [3.05, 3.63) is 58.6 Å². The van der Waals surface area contributed by atoms with Gasteiger partial charge in [0.15, 0.2) is 5.11 Å². The maximum Gasteiger partial charge on any atom is 0.337 e. The number of esters is 1. The third kappa shape index (κ3) is 5.09. The van der Waals surface area contributed by atoms with E-state index in [-0.39, 0.29) is 6.04 Å². The van der Waals surface area contributed by atoms with Crippen molar-refractivity contribution in [3.63, 3.8) is 0 Å². The molecule has 5 nitrogen and oxygen atoms in total. The average Bonchev–Trinajstić information content (AvgIpc) is 2.67. The number of rotatable bonds is 6. The zero-order valence-electron chi connectivity index (χ0n) is 14.8. The van der Waals surface area contributed by atoms with Gasteiger partial charge in [-0.2, -0.15) is 0 Å². The second-order valence-corrected chi connectivity index (χ2v) is 6.33. The highest BCUT2D eigenvalue weighted by Crippen LogP contribution is 2.24. The standard InChI is InChI=1S/C19H21ClN2O3S/c1-4-16(12-5-8-14(24-2)9-6-12)21-19(26)22-17-11-13(18(23)25-3)7-10-15(17)20/h5-11,16H,4H2,1-3H3,(H2,21,22,26). The van der Waals surface area contributed by atoms with Crippen LogP contribution in [0, 0.1) is 0 Å². The predicted octanol–water partition coefficient (Wildman–Crippen LogP) is 4.57. The largest absolute Gasteiger partial charge is 0.497 e. The zero-order valence-corrected chi connectivity index (χ0v) is 16.4. The van der Waals surface area contributed by atoms with E-state index in [2.05, 4.69) is 17.6 Å². The van der Waals surface area contributed by atoms with Gasteiger partial charge >= 0.3 is 5.97 Å². The number of hydrogen-bond acceptors (Lipinski definition) is 4. The summed E-state index contributed by atoms with van der Waals surface area (Å²) < 4.78 is 9.91. The molecule has 138 valence electrons. The number of benzene rings is 2. The maximum absolute atomic E-state index is 11.7. The van der Waals surface area contributed by atoms with Crippen molar-refractivity contribution in [3.8, 4) is 5.75 Å². The molecule has 26 heavy (non-hydrogen) atoms. The second kappa shape index (κ2) is 9.40. The van der Waals surface area contributed by atoms with Crippen LogP contribution in [0.2, 0.25) is 5.02 Å². The van der Waals surface area contributed by atoms with Crippen LogP contribution >= 0.6 is 23.8 Å². The van der Waals surface area contributed by atoms with Crippen molar-refractivity contribution in [1.29, 1.82) is 0 Å². The molecule has 0 saturated heterocycles. The lowest BCUT2D eigenvalue weighted by Crippen LogP contribution is -2.32. The lowest BCUT2D eigenvalue weighted by atomic mass is 10.0. The van der Waals surface area contributed by atoms with E-state index in [1.807, 2.05) is 24.3 Å². The molecule has 2 rings (SSSR count). The molecular weight excluding hydrogens is 372 g/mol. The van der Waals surface area contributed by atoms with Gasteiger partial charge in [0, 0.05) is 0 Å². The van der Waals surface area contributed by atoms with E-state index >= 15 is 0 Å². The summed E-state index contributed by atoms with van der Waals surface area (Å²) in [5, 5.41) is 7.18. The second-order valence-electron chi connectivity index (χ2n) is 5.52. The average molecular weight is 393 g/mol. The van der Waals surface area contributed by atoms with Gasteiger partial charge in [-0.3, -0.25) is 0 Å². The highest BCUT2D eigenvalue weighted by molar-refractivity contribution is 7.80. The summed E-state index contributed by atoms with van der Waals surface area (Å²) in [6, 6.07) is 12.7. The highest BCUT2D eigenvalue weighted by Gasteiger charge is 2.13. The number of halogens is 1. The first-order chi connectivity index (χ1) is 12.5. The summed E-state index contributed by atoms with van der Waals surface area (Å²) in [5.74, 6) is 0.365. The minimum absolute atomic E-state index is 0.0310. The summed E-state index contributed by atoms with van der Waals surface area (Å²) in [6.45, 7) is 2.06. The molecule has 0 bridgehead atoms. The van der Waals surface area contributed by atoms with E-state index in [9.17, 15) is 4.79 Å². The molecule has 0 aliphatic rings. The third-order valence-electron chi connectivity index (χ3n) is 3.87. The van der Waals surface area contributed by atoms with E-state index in [1.165, 1.54) is 7.11 Å². The smallest absolute Gasteiger partial charge is 0.337 e. The van der Waals surface area contributed by atoms with Gasteiger partial charge < -0.3 is 20.1 Å². The fourth-order valence-electron chi connectivity index (χ4n) is 2.44. The van der Waals surface area contributed by atoms with Crippen LogP contribution < -0.4 is 15.4 Å². The lowest BCUT2D eigenvalue weighted by molar-refractivity contribution is 0.0601. The van der Waals surface area contributed by atoms with Gasteiger partial charge in [0.1, 0.15) is 5.75 Å². The molecule has 0 aliphatic carbocycles. The Labute approximate surface area is 163 Å². The van der Waals surface area contributed by atoms with Crippen LogP contribution in [0.5, 0.6) is 5.75 Å². The molecule has 2 aromatic rings. The summed E-state index contributed by atoms with van der Waals surface area (Å²) in [7, 11) is 2.97. The number of ether oxygens (including phenoxy) is 2. The van der Waals surface area contributed by atoms with Crippen LogP contribution in [0.4, 0.5) is 5.69 Å². The Kier molecular flexibility index (Phi) is 7.24. The first kappa shape index (κ1) is 20.0. The molecule has 0 saturated carbocycles. The van der Waals surface area contributed by atoms with Crippen molar-refractivity contribution in [2.45, 2.75) is 19.4 Å². The molecule has 2 N–H and O–H groups in total. The van der Waals surface area contributed by atoms with Crippen LogP contribution in [0.1, 0.15) is 35.3 Å². The molecule has 0 amide bonds. The van der Waals surface area contributed by atoms with E-state index in [1.54, 1.807) is 25.3 Å². The molecule has 0 heterocycles. The SMILES string of the molecule is CCC(NC(=S)Nc1cc(C(=O)OC)ccc1Cl)c1ccc(OC)cc1. The number of hydrogen-bond donors (Lipinski definition) is 2. The van der Waals surface area contributed by atoms with Crippen LogP contribution in [0.15, 0.2) is 42.5 Å². The highest BCUT2D eigenvalue weighted by atomic mass is 35.5. The van der Waals surface area contributed by atoms with Gasteiger partial charge in [0.2, 0.25) is 0 Å². The van der Waals surface area contributed by atoms with Gasteiger partial charge in [-0.15, -0.1) is 0 Å². The van der Waals surface area contributed by atoms with Gasteiger partial charge in [-0.05, 0) is 54.5 Å². The minimum Gasteiger partial charge on any atom is -0.497 e. The summed E-state index contributed by atoms with van der Waals surface area (Å²) >= 11 is 11.6. The monoisotopic (exact) mass is 392 g/mol. The minimum atomic E-state index is -0.437. The van der Waals surface area contributed by atoms with E-state index in [4.69, 9.17) is 33.3 Å². The van der Waals surface area contributed by atoms with Gasteiger partial charge in [0.25, 0.3) is 0 Å². The molecule has 0 radical (unpaired) electrons. The molecule has 7 heteroatoms. The van der Waals surface area contributed by atoms with Crippen molar-refractivity contribution >= 4 is 40.6 Å². The van der Waals surface area contributed by atoms with Crippen molar-refractivity contribution in [2.24, 2.45) is 0 Å². The topological polar surface area (TPSA) is 59.6 Å². The Morgan fingerprint density at radius 3 is 2.46 bits per heavy atom. The van der Waals surface area contributed by atoms with Gasteiger partial charge in [0.05, 0.1) is 36.5 Å².